The summed E-state index contributed by atoms with van der Waals surface area (Å²) in [5.41, 5.74) is 1.99. The Balaban J connectivity index is 2.33. The Labute approximate surface area is 118 Å². The van der Waals surface area contributed by atoms with E-state index in [2.05, 4.69) is 4.98 Å². The number of carbonyl (C=O) groups excluding carboxylic acids is 1. The van der Waals surface area contributed by atoms with Crippen molar-refractivity contribution in [1.29, 1.82) is 0 Å². The van der Waals surface area contributed by atoms with Crippen molar-refractivity contribution in [3.8, 4) is 0 Å². The van der Waals surface area contributed by atoms with Gasteiger partial charge in [-0.05, 0) is 44.7 Å². The Morgan fingerprint density at radius 3 is 2.65 bits per heavy atom. The average molecular weight is 276 g/mol. The molecule has 1 aromatic heterocycles. The molecule has 5 nitrogen and oxygen atoms in total. The minimum absolute atomic E-state index is 0.0242. The van der Waals surface area contributed by atoms with E-state index >= 15 is 0 Å². The lowest BCUT2D eigenvalue weighted by Gasteiger charge is -2.37. The predicted molar refractivity (Wildman–Crippen MR) is 74.6 cm³/mol. The van der Waals surface area contributed by atoms with E-state index in [4.69, 9.17) is 0 Å². The highest BCUT2D eigenvalue weighted by molar-refractivity contribution is 5.97. The van der Waals surface area contributed by atoms with Gasteiger partial charge in [-0.2, -0.15) is 0 Å². The highest BCUT2D eigenvalue weighted by Gasteiger charge is 2.37. The van der Waals surface area contributed by atoms with Crippen molar-refractivity contribution in [2.75, 3.05) is 6.54 Å². The van der Waals surface area contributed by atoms with E-state index in [1.165, 1.54) is 4.90 Å². The molecule has 1 aliphatic heterocycles. The van der Waals surface area contributed by atoms with Crippen molar-refractivity contribution in [3.05, 3.63) is 29.1 Å². The van der Waals surface area contributed by atoms with Crippen LogP contribution in [0.4, 0.5) is 0 Å². The first-order valence-corrected chi connectivity index (χ1v) is 6.90. The molecule has 5 heteroatoms. The van der Waals surface area contributed by atoms with Gasteiger partial charge in [-0.3, -0.25) is 9.78 Å². The van der Waals surface area contributed by atoms with Crippen LogP contribution in [0, 0.1) is 19.8 Å². The van der Waals surface area contributed by atoms with E-state index in [1.807, 2.05) is 13.8 Å². The summed E-state index contributed by atoms with van der Waals surface area (Å²) >= 11 is 0. The number of hydrogen-bond acceptors (Lipinski definition) is 3. The maximum Gasteiger partial charge on any atom is 0.326 e. The largest absolute Gasteiger partial charge is 0.480 e. The van der Waals surface area contributed by atoms with Gasteiger partial charge >= 0.3 is 5.97 Å². The lowest BCUT2D eigenvalue weighted by molar-refractivity contribution is -0.145. The summed E-state index contributed by atoms with van der Waals surface area (Å²) in [6, 6.07) is 2.78. The summed E-state index contributed by atoms with van der Waals surface area (Å²) < 4.78 is 0. The standard InChI is InChI=1S/C15H20N2O3/c1-9-5-4-8-17(13(9)15(19)20)14(18)12-7-6-10(2)16-11(12)3/h6-7,9,13H,4-5,8H2,1-3H3,(H,19,20). The Morgan fingerprint density at radius 2 is 2.05 bits per heavy atom. The molecule has 1 fully saturated rings. The first-order chi connectivity index (χ1) is 9.41. The van der Waals surface area contributed by atoms with Gasteiger partial charge in [-0.15, -0.1) is 0 Å². The molecule has 1 saturated heterocycles. The number of carboxylic acids is 1. The molecule has 1 N–H and O–H groups in total. The van der Waals surface area contributed by atoms with Crippen LogP contribution >= 0.6 is 0 Å². The zero-order chi connectivity index (χ0) is 14.9. The highest BCUT2D eigenvalue weighted by atomic mass is 16.4. The minimum Gasteiger partial charge on any atom is -0.480 e. The first kappa shape index (κ1) is 14.5. The van der Waals surface area contributed by atoms with Crippen molar-refractivity contribution in [2.24, 2.45) is 5.92 Å². The normalized spacial score (nSPS) is 22.6. The third kappa shape index (κ3) is 2.66. The third-order valence-electron chi connectivity index (χ3n) is 3.90. The molecular formula is C15H20N2O3. The third-order valence-corrected chi connectivity index (χ3v) is 3.90. The van der Waals surface area contributed by atoms with Crippen molar-refractivity contribution < 1.29 is 14.7 Å². The Hall–Kier alpha value is -1.91. The number of pyridine rings is 1. The zero-order valence-electron chi connectivity index (χ0n) is 12.1. The number of amides is 1. The number of hydrogen-bond donors (Lipinski definition) is 1. The van der Waals surface area contributed by atoms with Crippen LogP contribution in [0.25, 0.3) is 0 Å². The second-order valence-electron chi connectivity index (χ2n) is 5.49. The lowest BCUT2D eigenvalue weighted by Crippen LogP contribution is -2.52. The van der Waals surface area contributed by atoms with E-state index in [0.29, 0.717) is 17.8 Å². The molecule has 108 valence electrons. The molecule has 2 atom stereocenters. The maximum atomic E-state index is 12.6. The lowest BCUT2D eigenvalue weighted by atomic mass is 9.90. The smallest absolute Gasteiger partial charge is 0.326 e. The van der Waals surface area contributed by atoms with Gasteiger partial charge in [0, 0.05) is 12.2 Å². The van der Waals surface area contributed by atoms with Crippen LogP contribution in [0.2, 0.25) is 0 Å². The van der Waals surface area contributed by atoms with E-state index in [0.717, 1.165) is 18.5 Å². The van der Waals surface area contributed by atoms with Gasteiger partial charge in [-0.1, -0.05) is 6.92 Å². The van der Waals surface area contributed by atoms with Crippen LogP contribution in [-0.4, -0.2) is 39.5 Å². The highest BCUT2D eigenvalue weighted by Crippen LogP contribution is 2.25. The molecule has 2 unspecified atom stereocenters. The van der Waals surface area contributed by atoms with Gasteiger partial charge in [0.25, 0.3) is 5.91 Å². The summed E-state index contributed by atoms with van der Waals surface area (Å²) in [6.07, 6.45) is 1.68. The summed E-state index contributed by atoms with van der Waals surface area (Å²) in [7, 11) is 0. The molecule has 0 radical (unpaired) electrons. The van der Waals surface area contributed by atoms with Crippen molar-refractivity contribution >= 4 is 11.9 Å². The first-order valence-electron chi connectivity index (χ1n) is 6.90. The van der Waals surface area contributed by atoms with Crippen LogP contribution in [0.15, 0.2) is 12.1 Å². The van der Waals surface area contributed by atoms with Crippen molar-refractivity contribution in [3.63, 3.8) is 0 Å². The zero-order valence-corrected chi connectivity index (χ0v) is 12.1. The monoisotopic (exact) mass is 276 g/mol. The molecule has 0 bridgehead atoms. The fourth-order valence-corrected chi connectivity index (χ4v) is 2.86. The number of aryl methyl sites for hydroxylation is 2. The molecule has 0 spiro atoms. The number of rotatable bonds is 2. The molecule has 0 aromatic carbocycles. The van der Waals surface area contributed by atoms with Gasteiger partial charge in [0.1, 0.15) is 6.04 Å². The van der Waals surface area contributed by atoms with E-state index in [-0.39, 0.29) is 11.8 Å². The van der Waals surface area contributed by atoms with Crippen LogP contribution in [0.5, 0.6) is 0 Å². The Morgan fingerprint density at radius 1 is 1.35 bits per heavy atom. The number of aromatic nitrogens is 1. The van der Waals surface area contributed by atoms with E-state index in [9.17, 15) is 14.7 Å². The van der Waals surface area contributed by atoms with Gasteiger partial charge in [0.05, 0.1) is 11.3 Å². The molecule has 1 amide bonds. The van der Waals surface area contributed by atoms with Crippen molar-refractivity contribution in [1.82, 2.24) is 9.88 Å². The van der Waals surface area contributed by atoms with Gasteiger partial charge in [-0.25, -0.2) is 4.79 Å². The fourth-order valence-electron chi connectivity index (χ4n) is 2.86. The van der Waals surface area contributed by atoms with Gasteiger partial charge in [0.15, 0.2) is 0 Å². The molecule has 2 rings (SSSR count). The number of carboxylic acid groups (broad SMARTS) is 1. The average Bonchev–Trinajstić information content (AvgIpc) is 2.37. The van der Waals surface area contributed by atoms with Crippen LogP contribution in [-0.2, 0) is 4.79 Å². The SMILES string of the molecule is Cc1ccc(C(=O)N2CCCC(C)C2C(=O)O)c(C)n1. The molecule has 20 heavy (non-hydrogen) atoms. The Bertz CT molecular complexity index is 542. The fraction of sp³-hybridized carbons (Fsp3) is 0.533. The topological polar surface area (TPSA) is 70.5 Å². The second kappa shape index (κ2) is 5.61. The van der Waals surface area contributed by atoms with E-state index < -0.39 is 12.0 Å². The van der Waals surface area contributed by atoms with Crippen LogP contribution < -0.4 is 0 Å². The molecule has 1 aliphatic rings. The van der Waals surface area contributed by atoms with Crippen LogP contribution in [0.1, 0.15) is 41.5 Å². The van der Waals surface area contributed by atoms with Crippen LogP contribution in [0.3, 0.4) is 0 Å². The molecule has 1 aromatic rings. The number of aliphatic carboxylic acids is 1. The molecular weight excluding hydrogens is 256 g/mol. The Kier molecular flexibility index (Phi) is 4.06. The van der Waals surface area contributed by atoms with Crippen molar-refractivity contribution in [2.45, 2.75) is 39.7 Å². The summed E-state index contributed by atoms with van der Waals surface area (Å²) in [5, 5.41) is 9.38. The maximum absolute atomic E-state index is 12.6. The quantitative estimate of drug-likeness (QED) is 0.897. The number of carbonyl (C=O) groups is 2. The second-order valence-corrected chi connectivity index (χ2v) is 5.49. The van der Waals surface area contributed by atoms with Gasteiger partial charge < -0.3 is 10.0 Å². The predicted octanol–water partition coefficient (Wildman–Crippen LogP) is 2.02. The van der Waals surface area contributed by atoms with E-state index in [1.54, 1.807) is 19.1 Å². The molecule has 0 aliphatic carbocycles. The summed E-state index contributed by atoms with van der Waals surface area (Å²) in [6.45, 7) is 6.03. The minimum atomic E-state index is -0.928. The molecule has 0 saturated carbocycles. The number of nitrogens with zero attached hydrogens (tertiary/aromatic N) is 2. The number of likely N-dealkylation sites (tertiary alicyclic amines) is 1. The summed E-state index contributed by atoms with van der Waals surface area (Å²) in [4.78, 5) is 29.8. The van der Waals surface area contributed by atoms with Gasteiger partial charge in [0.2, 0.25) is 0 Å². The summed E-state index contributed by atoms with van der Waals surface area (Å²) in [5.74, 6) is -1.18. The molecule has 2 heterocycles. The number of piperidine rings is 1.